The van der Waals surface area contributed by atoms with Crippen molar-refractivity contribution in [3.8, 4) is 10.6 Å². The van der Waals surface area contributed by atoms with Crippen LogP contribution in [0.2, 0.25) is 0 Å². The second kappa shape index (κ2) is 8.75. The highest BCUT2D eigenvalue weighted by molar-refractivity contribution is 7.18. The molecule has 0 aliphatic rings. The van der Waals surface area contributed by atoms with Crippen LogP contribution in [-0.4, -0.2) is 28.1 Å². The maximum Gasteiger partial charge on any atom is 0.251 e. The van der Waals surface area contributed by atoms with Crippen LogP contribution in [0.5, 0.6) is 0 Å². The van der Waals surface area contributed by atoms with Gasteiger partial charge < -0.3 is 5.32 Å². The van der Waals surface area contributed by atoms with E-state index < -0.39 is 6.04 Å². The number of carbonyl (C=O) groups is 2. The highest BCUT2D eigenvalue weighted by Crippen LogP contribution is 2.27. The highest BCUT2D eigenvalue weighted by atomic mass is 32.1. The van der Waals surface area contributed by atoms with Gasteiger partial charge in [-0.2, -0.15) is 0 Å². The molecule has 1 heterocycles. The predicted octanol–water partition coefficient (Wildman–Crippen LogP) is 4.57. The molecule has 30 heavy (non-hydrogen) atoms. The topological polar surface area (TPSA) is 84.0 Å². The van der Waals surface area contributed by atoms with Crippen LogP contribution in [0.4, 0.5) is 5.13 Å². The van der Waals surface area contributed by atoms with E-state index in [1.807, 2.05) is 43.3 Å². The van der Waals surface area contributed by atoms with E-state index in [-0.39, 0.29) is 17.2 Å². The highest BCUT2D eigenvalue weighted by Gasteiger charge is 2.19. The fourth-order valence-electron chi connectivity index (χ4n) is 2.85. The van der Waals surface area contributed by atoms with E-state index in [0.29, 0.717) is 10.7 Å². The predicted molar refractivity (Wildman–Crippen MR) is 121 cm³/mol. The molecular weight excluding hydrogens is 396 g/mol. The maximum absolute atomic E-state index is 12.5. The monoisotopic (exact) mass is 422 g/mol. The van der Waals surface area contributed by atoms with Gasteiger partial charge in [0.05, 0.1) is 0 Å². The largest absolute Gasteiger partial charge is 0.341 e. The van der Waals surface area contributed by atoms with Crippen molar-refractivity contribution in [1.29, 1.82) is 0 Å². The second-order valence-electron chi connectivity index (χ2n) is 8.29. The number of aryl methyl sites for hydroxylation is 1. The third kappa shape index (κ3) is 5.30. The lowest BCUT2D eigenvalue weighted by Crippen LogP contribution is -2.41. The van der Waals surface area contributed by atoms with Crippen molar-refractivity contribution < 1.29 is 9.59 Å². The number of amides is 2. The fourth-order valence-corrected chi connectivity index (χ4v) is 3.59. The molecule has 0 saturated carbocycles. The SMILES string of the molecule is Cc1cccc(-c2nnc(NC(=O)C(C)NC(=O)c3ccc(C(C)(C)C)cc3)s2)c1. The molecule has 0 saturated heterocycles. The first-order valence-electron chi connectivity index (χ1n) is 9.76. The normalized spacial score (nSPS) is 12.3. The van der Waals surface area contributed by atoms with E-state index in [9.17, 15) is 9.59 Å². The smallest absolute Gasteiger partial charge is 0.251 e. The van der Waals surface area contributed by atoms with E-state index in [4.69, 9.17) is 0 Å². The van der Waals surface area contributed by atoms with Gasteiger partial charge in [-0.05, 0) is 43.0 Å². The van der Waals surface area contributed by atoms with Crippen molar-refractivity contribution in [3.05, 3.63) is 65.2 Å². The molecule has 1 atom stereocenters. The zero-order valence-corrected chi connectivity index (χ0v) is 18.6. The van der Waals surface area contributed by atoms with Gasteiger partial charge in [0.25, 0.3) is 5.91 Å². The van der Waals surface area contributed by atoms with Gasteiger partial charge in [-0.3, -0.25) is 14.9 Å². The number of benzene rings is 2. The maximum atomic E-state index is 12.5. The standard InChI is InChI=1S/C23H26N4O2S/c1-14-7-6-8-17(13-14)21-26-27-22(30-21)25-19(28)15(2)24-20(29)16-9-11-18(12-10-16)23(3,4)5/h6-13,15H,1-5H3,(H,24,29)(H,25,27,28). The zero-order chi connectivity index (χ0) is 21.9. The van der Waals surface area contributed by atoms with E-state index in [0.717, 1.165) is 21.7 Å². The molecule has 0 aliphatic heterocycles. The molecule has 6 nitrogen and oxygen atoms in total. The average molecular weight is 423 g/mol. The van der Waals surface area contributed by atoms with Crippen molar-refractivity contribution >= 4 is 28.3 Å². The molecule has 3 rings (SSSR count). The van der Waals surface area contributed by atoms with Gasteiger partial charge in [0.15, 0.2) is 0 Å². The van der Waals surface area contributed by atoms with Crippen molar-refractivity contribution in [1.82, 2.24) is 15.5 Å². The van der Waals surface area contributed by atoms with Crippen LogP contribution in [0.1, 0.15) is 49.2 Å². The van der Waals surface area contributed by atoms with Gasteiger partial charge >= 0.3 is 0 Å². The Kier molecular flexibility index (Phi) is 6.31. The van der Waals surface area contributed by atoms with Gasteiger partial charge in [0.2, 0.25) is 11.0 Å². The number of nitrogens with zero attached hydrogens (tertiary/aromatic N) is 2. The Hall–Kier alpha value is -3.06. The van der Waals surface area contributed by atoms with Gasteiger partial charge in [-0.1, -0.05) is 68.0 Å². The fraction of sp³-hybridized carbons (Fsp3) is 0.304. The molecule has 156 valence electrons. The van der Waals surface area contributed by atoms with Gasteiger partial charge in [0.1, 0.15) is 11.0 Å². The summed E-state index contributed by atoms with van der Waals surface area (Å²) in [5, 5.41) is 14.8. The summed E-state index contributed by atoms with van der Waals surface area (Å²) in [6.45, 7) is 10.00. The lowest BCUT2D eigenvalue weighted by molar-refractivity contribution is -0.117. The van der Waals surface area contributed by atoms with Crippen molar-refractivity contribution in [2.45, 2.75) is 46.1 Å². The van der Waals surface area contributed by atoms with E-state index in [1.54, 1.807) is 19.1 Å². The van der Waals surface area contributed by atoms with Crippen molar-refractivity contribution in [2.75, 3.05) is 5.32 Å². The first-order valence-corrected chi connectivity index (χ1v) is 10.6. The lowest BCUT2D eigenvalue weighted by atomic mass is 9.86. The van der Waals surface area contributed by atoms with Crippen LogP contribution >= 0.6 is 11.3 Å². The molecule has 3 aromatic rings. The van der Waals surface area contributed by atoms with Crippen LogP contribution < -0.4 is 10.6 Å². The molecule has 0 aliphatic carbocycles. The summed E-state index contributed by atoms with van der Waals surface area (Å²) >= 11 is 1.29. The first-order chi connectivity index (χ1) is 14.1. The molecule has 0 spiro atoms. The number of rotatable bonds is 5. The Morgan fingerprint density at radius 1 is 1.03 bits per heavy atom. The molecule has 7 heteroatoms. The lowest BCUT2D eigenvalue weighted by Gasteiger charge is -2.19. The van der Waals surface area contributed by atoms with Gasteiger partial charge in [-0.25, -0.2) is 0 Å². The number of aromatic nitrogens is 2. The Morgan fingerprint density at radius 2 is 1.73 bits per heavy atom. The first kappa shape index (κ1) is 21.6. The summed E-state index contributed by atoms with van der Waals surface area (Å²) < 4.78 is 0. The zero-order valence-electron chi connectivity index (χ0n) is 17.8. The molecule has 2 aromatic carbocycles. The minimum Gasteiger partial charge on any atom is -0.341 e. The van der Waals surface area contributed by atoms with Gasteiger partial charge in [-0.15, -0.1) is 10.2 Å². The Morgan fingerprint density at radius 3 is 2.37 bits per heavy atom. The number of carbonyl (C=O) groups excluding carboxylic acids is 2. The van der Waals surface area contributed by atoms with Crippen LogP contribution in [0.3, 0.4) is 0 Å². The third-order valence-electron chi connectivity index (χ3n) is 4.67. The van der Waals surface area contributed by atoms with E-state index in [1.165, 1.54) is 11.3 Å². The number of hydrogen-bond acceptors (Lipinski definition) is 5. The van der Waals surface area contributed by atoms with Crippen molar-refractivity contribution in [3.63, 3.8) is 0 Å². The minimum absolute atomic E-state index is 0.0151. The second-order valence-corrected chi connectivity index (χ2v) is 9.27. The number of hydrogen-bond donors (Lipinski definition) is 2. The van der Waals surface area contributed by atoms with Crippen LogP contribution in [0.15, 0.2) is 48.5 Å². The molecule has 1 unspecified atom stereocenters. The summed E-state index contributed by atoms with van der Waals surface area (Å²) in [5.41, 5.74) is 3.75. The number of nitrogens with one attached hydrogen (secondary N) is 2. The van der Waals surface area contributed by atoms with E-state index >= 15 is 0 Å². The summed E-state index contributed by atoms with van der Waals surface area (Å²) in [7, 11) is 0. The Bertz CT molecular complexity index is 1050. The molecule has 2 amide bonds. The van der Waals surface area contributed by atoms with Gasteiger partial charge in [0, 0.05) is 11.1 Å². The quantitative estimate of drug-likeness (QED) is 0.631. The summed E-state index contributed by atoms with van der Waals surface area (Å²) in [5.74, 6) is -0.641. The molecule has 2 N–H and O–H groups in total. The molecule has 0 bridgehead atoms. The minimum atomic E-state index is -0.717. The van der Waals surface area contributed by atoms with Crippen LogP contribution in [-0.2, 0) is 10.2 Å². The average Bonchev–Trinajstić information content (AvgIpc) is 3.16. The number of anilines is 1. The molecular formula is C23H26N4O2S. The summed E-state index contributed by atoms with van der Waals surface area (Å²) in [4.78, 5) is 25.0. The Labute approximate surface area is 180 Å². The van der Waals surface area contributed by atoms with Crippen molar-refractivity contribution in [2.24, 2.45) is 0 Å². The molecule has 0 fully saturated rings. The van der Waals surface area contributed by atoms with Crippen LogP contribution in [0.25, 0.3) is 10.6 Å². The molecule has 0 radical (unpaired) electrons. The van der Waals surface area contributed by atoms with Crippen LogP contribution in [0, 0.1) is 6.92 Å². The third-order valence-corrected chi connectivity index (χ3v) is 5.56. The molecule has 1 aromatic heterocycles. The summed E-state index contributed by atoms with van der Waals surface area (Å²) in [6, 6.07) is 14.6. The summed E-state index contributed by atoms with van der Waals surface area (Å²) in [6.07, 6.45) is 0. The van der Waals surface area contributed by atoms with E-state index in [2.05, 4.69) is 41.6 Å². The Balaban J connectivity index is 1.60.